The van der Waals surface area contributed by atoms with E-state index in [-0.39, 0.29) is 18.1 Å². The molecule has 0 atom stereocenters. The van der Waals surface area contributed by atoms with Crippen molar-refractivity contribution in [3.05, 3.63) is 77.0 Å². The maximum Gasteiger partial charge on any atom is 0.228 e. The summed E-state index contributed by atoms with van der Waals surface area (Å²) >= 11 is 0. The second-order valence-electron chi connectivity index (χ2n) is 7.94. The Kier molecular flexibility index (Phi) is 4.66. The summed E-state index contributed by atoms with van der Waals surface area (Å²) in [5.41, 5.74) is 13.2. The summed E-state index contributed by atoms with van der Waals surface area (Å²) in [6.45, 7) is 1.82. The number of rotatable bonds is 4. The Bertz CT molecular complexity index is 1310. The van der Waals surface area contributed by atoms with E-state index in [0.717, 1.165) is 41.5 Å². The lowest BCUT2D eigenvalue weighted by Gasteiger charge is -2.12. The third-order valence-corrected chi connectivity index (χ3v) is 5.79. The van der Waals surface area contributed by atoms with Gasteiger partial charge in [0.05, 0.1) is 11.9 Å². The molecule has 0 unspecified atom stereocenters. The second-order valence-corrected chi connectivity index (χ2v) is 7.94. The van der Waals surface area contributed by atoms with Gasteiger partial charge in [-0.05, 0) is 73.2 Å². The fraction of sp³-hybridized carbons (Fsp3) is 0.208. The van der Waals surface area contributed by atoms with Crippen LogP contribution in [-0.2, 0) is 24.1 Å². The number of nitrogens with one attached hydrogen (secondary N) is 1. The van der Waals surface area contributed by atoms with Crippen molar-refractivity contribution >= 4 is 28.4 Å². The number of aryl methyl sites for hydroxylation is 2. The van der Waals surface area contributed by atoms with Gasteiger partial charge in [-0.2, -0.15) is 0 Å². The molecule has 1 aliphatic rings. The first-order valence-electron chi connectivity index (χ1n) is 10.3. The lowest BCUT2D eigenvalue weighted by atomic mass is 10.1. The third kappa shape index (κ3) is 3.42. The molecule has 0 saturated carbocycles. The van der Waals surface area contributed by atoms with E-state index >= 15 is 0 Å². The summed E-state index contributed by atoms with van der Waals surface area (Å²) in [5, 5.41) is 2.84. The smallest absolute Gasteiger partial charge is 0.228 e. The SMILES string of the molecule is Cc1ccc(CC(=O)Nc2ccc(-n3c4c(c5ncnc(N)c53)CCC4)cc2)c(F)c1. The molecule has 1 amide bonds. The maximum atomic E-state index is 14.0. The molecule has 156 valence electrons. The van der Waals surface area contributed by atoms with Gasteiger partial charge in [0.15, 0.2) is 5.82 Å². The predicted octanol–water partition coefficient (Wildman–Crippen LogP) is 4.12. The van der Waals surface area contributed by atoms with Crippen LogP contribution in [0, 0.1) is 12.7 Å². The lowest BCUT2D eigenvalue weighted by molar-refractivity contribution is -0.115. The van der Waals surface area contributed by atoms with Crippen molar-refractivity contribution in [2.45, 2.75) is 32.6 Å². The number of nitrogens with zero attached hydrogens (tertiary/aromatic N) is 3. The molecule has 0 spiro atoms. The Labute approximate surface area is 178 Å². The summed E-state index contributed by atoms with van der Waals surface area (Å²) in [6.07, 6.45) is 4.53. The highest BCUT2D eigenvalue weighted by molar-refractivity contribution is 5.93. The molecule has 2 aromatic carbocycles. The molecular formula is C24H22FN5O. The number of aromatic nitrogens is 3. The predicted molar refractivity (Wildman–Crippen MR) is 119 cm³/mol. The zero-order valence-corrected chi connectivity index (χ0v) is 17.2. The number of amides is 1. The van der Waals surface area contributed by atoms with Crippen LogP contribution in [0.2, 0.25) is 0 Å². The van der Waals surface area contributed by atoms with Gasteiger partial charge in [-0.15, -0.1) is 0 Å². The molecule has 3 N–H and O–H groups in total. The Morgan fingerprint density at radius 2 is 1.97 bits per heavy atom. The minimum atomic E-state index is -0.362. The molecule has 0 aliphatic heterocycles. The Balaban J connectivity index is 1.41. The second kappa shape index (κ2) is 7.50. The molecule has 0 bridgehead atoms. The van der Waals surface area contributed by atoms with Crippen molar-refractivity contribution in [1.82, 2.24) is 14.5 Å². The number of benzene rings is 2. The summed E-state index contributed by atoms with van der Waals surface area (Å²) in [4.78, 5) is 21.0. The monoisotopic (exact) mass is 415 g/mol. The average molecular weight is 415 g/mol. The van der Waals surface area contributed by atoms with Gasteiger partial charge in [0.2, 0.25) is 5.91 Å². The van der Waals surface area contributed by atoms with E-state index in [1.54, 1.807) is 12.1 Å². The van der Waals surface area contributed by atoms with Gasteiger partial charge in [-0.25, -0.2) is 14.4 Å². The molecule has 0 saturated heterocycles. The van der Waals surface area contributed by atoms with Crippen LogP contribution in [0.1, 0.15) is 28.8 Å². The largest absolute Gasteiger partial charge is 0.382 e. The number of halogens is 1. The first-order chi connectivity index (χ1) is 15.0. The van der Waals surface area contributed by atoms with Crippen LogP contribution in [0.3, 0.4) is 0 Å². The van der Waals surface area contributed by atoms with Gasteiger partial charge < -0.3 is 15.6 Å². The minimum Gasteiger partial charge on any atom is -0.382 e. The van der Waals surface area contributed by atoms with E-state index < -0.39 is 0 Å². The molecule has 6 nitrogen and oxygen atoms in total. The Morgan fingerprint density at radius 3 is 2.74 bits per heavy atom. The highest BCUT2D eigenvalue weighted by Crippen LogP contribution is 2.36. The van der Waals surface area contributed by atoms with E-state index in [0.29, 0.717) is 17.1 Å². The molecule has 1 aliphatic carbocycles. The zero-order chi connectivity index (χ0) is 21.5. The number of hydrogen-bond donors (Lipinski definition) is 2. The number of carbonyl (C=O) groups is 1. The van der Waals surface area contributed by atoms with E-state index in [9.17, 15) is 9.18 Å². The van der Waals surface area contributed by atoms with Crippen LogP contribution in [-0.4, -0.2) is 20.4 Å². The van der Waals surface area contributed by atoms with Gasteiger partial charge in [-0.1, -0.05) is 12.1 Å². The number of anilines is 2. The zero-order valence-electron chi connectivity index (χ0n) is 17.2. The number of hydrogen-bond acceptors (Lipinski definition) is 4. The molecule has 2 heterocycles. The van der Waals surface area contributed by atoms with Crippen LogP contribution >= 0.6 is 0 Å². The third-order valence-electron chi connectivity index (χ3n) is 5.79. The van der Waals surface area contributed by atoms with Crippen LogP contribution in [0.15, 0.2) is 48.8 Å². The van der Waals surface area contributed by atoms with Crippen molar-refractivity contribution in [1.29, 1.82) is 0 Å². The standard InChI is InChI=1S/C24H22FN5O/c1-14-5-6-15(19(25)11-14)12-21(31)29-16-7-9-17(10-8-16)30-20-4-2-3-18(20)22-23(30)24(26)28-13-27-22/h5-11,13H,2-4,12H2,1H3,(H,29,31)(H2,26,27,28). The van der Waals surface area contributed by atoms with Crippen LogP contribution < -0.4 is 11.1 Å². The molecule has 0 fully saturated rings. The fourth-order valence-corrected chi connectivity index (χ4v) is 4.35. The molecule has 4 aromatic rings. The van der Waals surface area contributed by atoms with Crippen LogP contribution in [0.4, 0.5) is 15.9 Å². The van der Waals surface area contributed by atoms with Crippen molar-refractivity contribution in [3.63, 3.8) is 0 Å². The number of nitrogens with two attached hydrogens (primary N) is 1. The van der Waals surface area contributed by atoms with E-state index in [2.05, 4.69) is 19.9 Å². The topological polar surface area (TPSA) is 85.8 Å². The molecule has 31 heavy (non-hydrogen) atoms. The highest BCUT2D eigenvalue weighted by atomic mass is 19.1. The Hall–Kier alpha value is -3.74. The summed E-state index contributed by atoms with van der Waals surface area (Å²) in [6, 6.07) is 12.4. The van der Waals surface area contributed by atoms with E-state index in [4.69, 9.17) is 5.73 Å². The Morgan fingerprint density at radius 1 is 1.16 bits per heavy atom. The van der Waals surface area contributed by atoms with Crippen molar-refractivity contribution in [3.8, 4) is 5.69 Å². The van der Waals surface area contributed by atoms with Crippen molar-refractivity contribution < 1.29 is 9.18 Å². The first kappa shape index (κ1) is 19.2. The van der Waals surface area contributed by atoms with Gasteiger partial charge in [0.1, 0.15) is 17.7 Å². The van der Waals surface area contributed by atoms with Gasteiger partial charge in [0, 0.05) is 17.1 Å². The van der Waals surface area contributed by atoms with Crippen LogP contribution in [0.25, 0.3) is 16.7 Å². The first-order valence-corrected chi connectivity index (χ1v) is 10.3. The minimum absolute atomic E-state index is 0.0164. The number of fused-ring (bicyclic) bond motifs is 3. The van der Waals surface area contributed by atoms with Gasteiger partial charge in [0.25, 0.3) is 0 Å². The van der Waals surface area contributed by atoms with Crippen molar-refractivity contribution in [2.24, 2.45) is 0 Å². The summed E-state index contributed by atoms with van der Waals surface area (Å²) < 4.78 is 16.2. The lowest BCUT2D eigenvalue weighted by Crippen LogP contribution is -2.15. The molecule has 7 heteroatoms. The van der Waals surface area contributed by atoms with Gasteiger partial charge in [-0.3, -0.25) is 4.79 Å². The highest BCUT2D eigenvalue weighted by Gasteiger charge is 2.25. The average Bonchev–Trinajstić information content (AvgIpc) is 3.33. The number of nitrogen functional groups attached to an aromatic ring is 1. The molecule has 2 aromatic heterocycles. The van der Waals surface area contributed by atoms with Crippen molar-refractivity contribution in [2.75, 3.05) is 11.1 Å². The maximum absolute atomic E-state index is 14.0. The fourth-order valence-electron chi connectivity index (χ4n) is 4.35. The molecular weight excluding hydrogens is 393 g/mol. The molecule has 0 radical (unpaired) electrons. The normalized spacial score (nSPS) is 12.8. The quantitative estimate of drug-likeness (QED) is 0.525. The van der Waals surface area contributed by atoms with E-state index in [1.807, 2.05) is 31.2 Å². The molecule has 5 rings (SSSR count). The van der Waals surface area contributed by atoms with Gasteiger partial charge >= 0.3 is 0 Å². The summed E-state index contributed by atoms with van der Waals surface area (Å²) in [7, 11) is 0. The van der Waals surface area contributed by atoms with Crippen LogP contribution in [0.5, 0.6) is 0 Å². The number of carbonyl (C=O) groups excluding carboxylic acids is 1. The summed E-state index contributed by atoms with van der Waals surface area (Å²) in [5.74, 6) is -0.170. The van der Waals surface area contributed by atoms with E-state index in [1.165, 1.54) is 23.7 Å².